The summed E-state index contributed by atoms with van der Waals surface area (Å²) in [6, 6.07) is 10.6. The maximum atomic E-state index is 11.3. The van der Waals surface area contributed by atoms with Crippen LogP contribution < -0.4 is 0 Å². The van der Waals surface area contributed by atoms with Crippen LogP contribution in [-0.4, -0.2) is 34.6 Å². The predicted molar refractivity (Wildman–Crippen MR) is 76.2 cm³/mol. The van der Waals surface area contributed by atoms with E-state index in [1.54, 1.807) is 13.8 Å². The van der Waals surface area contributed by atoms with E-state index in [1.165, 1.54) is 5.56 Å². The molecular weight excluding hydrogens is 238 g/mol. The van der Waals surface area contributed by atoms with Crippen LogP contribution in [-0.2, 0) is 11.2 Å². The molecule has 0 unspecified atom stereocenters. The number of aliphatic carboxylic acids is 1. The van der Waals surface area contributed by atoms with Crippen molar-refractivity contribution in [1.82, 2.24) is 4.90 Å². The van der Waals surface area contributed by atoms with Crippen LogP contribution in [0.2, 0.25) is 0 Å². The van der Waals surface area contributed by atoms with Crippen molar-refractivity contribution < 1.29 is 9.90 Å². The Bertz CT molecular complexity index is 420. The first-order chi connectivity index (χ1) is 9.00. The summed E-state index contributed by atoms with van der Waals surface area (Å²) >= 11 is 0. The number of carboxylic acids is 1. The molecule has 3 nitrogen and oxygen atoms in total. The number of likely N-dealkylation sites (tertiary alicyclic amines) is 1. The lowest BCUT2D eigenvalue weighted by Gasteiger charge is -2.40. The van der Waals surface area contributed by atoms with Crippen LogP contribution in [0.25, 0.3) is 0 Å². The van der Waals surface area contributed by atoms with Gasteiger partial charge >= 0.3 is 5.97 Å². The summed E-state index contributed by atoms with van der Waals surface area (Å²) in [6.07, 6.45) is 3.29. The van der Waals surface area contributed by atoms with Crippen molar-refractivity contribution in [1.29, 1.82) is 0 Å². The molecule has 1 aliphatic heterocycles. The quantitative estimate of drug-likeness (QED) is 0.906. The van der Waals surface area contributed by atoms with Gasteiger partial charge in [0.05, 0.1) is 0 Å². The SMILES string of the molecule is CC(C)(C(=O)O)N1CCC(Cc2ccccc2)CC1. The molecule has 3 heteroatoms. The van der Waals surface area contributed by atoms with Gasteiger partial charge in [0.25, 0.3) is 0 Å². The maximum Gasteiger partial charge on any atom is 0.323 e. The lowest BCUT2D eigenvalue weighted by atomic mass is 9.88. The Hall–Kier alpha value is -1.35. The summed E-state index contributed by atoms with van der Waals surface area (Å²) in [7, 11) is 0. The van der Waals surface area contributed by atoms with E-state index in [1.807, 2.05) is 6.07 Å². The minimum atomic E-state index is -0.738. The zero-order valence-electron chi connectivity index (χ0n) is 11.8. The molecule has 1 heterocycles. The first-order valence-electron chi connectivity index (χ1n) is 7.02. The molecule has 0 aromatic heterocycles. The number of carboxylic acid groups (broad SMARTS) is 1. The number of piperidine rings is 1. The van der Waals surface area contributed by atoms with Crippen molar-refractivity contribution in [3.8, 4) is 0 Å². The Morgan fingerprint density at radius 3 is 2.37 bits per heavy atom. The van der Waals surface area contributed by atoms with Crippen LogP contribution in [0.5, 0.6) is 0 Å². The Labute approximate surface area is 115 Å². The number of hydrogen-bond acceptors (Lipinski definition) is 2. The third-order valence-electron chi connectivity index (χ3n) is 4.30. The summed E-state index contributed by atoms with van der Waals surface area (Å²) < 4.78 is 0. The Balaban J connectivity index is 1.88. The molecule has 0 amide bonds. The topological polar surface area (TPSA) is 40.5 Å². The minimum absolute atomic E-state index is 0.684. The van der Waals surface area contributed by atoms with Gasteiger partial charge in [0.1, 0.15) is 5.54 Å². The van der Waals surface area contributed by atoms with E-state index < -0.39 is 11.5 Å². The van der Waals surface area contributed by atoms with E-state index in [0.717, 1.165) is 32.4 Å². The molecular formula is C16H23NO2. The summed E-state index contributed by atoms with van der Waals surface area (Å²) in [5.41, 5.74) is 0.649. The van der Waals surface area contributed by atoms with Crippen molar-refractivity contribution in [2.45, 2.75) is 38.6 Å². The standard InChI is InChI=1S/C16H23NO2/c1-16(2,15(18)19)17-10-8-14(9-11-17)12-13-6-4-3-5-7-13/h3-7,14H,8-12H2,1-2H3,(H,18,19). The molecule has 1 fully saturated rings. The molecule has 1 aromatic carbocycles. The Morgan fingerprint density at radius 1 is 1.26 bits per heavy atom. The fourth-order valence-electron chi connectivity index (χ4n) is 2.78. The number of rotatable bonds is 4. The van der Waals surface area contributed by atoms with Gasteiger partial charge in [-0.15, -0.1) is 0 Å². The molecule has 1 aromatic rings. The Kier molecular flexibility index (Phi) is 4.25. The lowest BCUT2D eigenvalue weighted by Crippen LogP contribution is -2.53. The molecule has 0 saturated carbocycles. The van der Waals surface area contributed by atoms with Crippen LogP contribution >= 0.6 is 0 Å². The van der Waals surface area contributed by atoms with E-state index in [-0.39, 0.29) is 0 Å². The maximum absolute atomic E-state index is 11.3. The predicted octanol–water partition coefficient (Wildman–Crippen LogP) is 2.80. The van der Waals surface area contributed by atoms with Gasteiger partial charge in [-0.05, 0) is 57.7 Å². The third kappa shape index (κ3) is 3.35. The lowest BCUT2D eigenvalue weighted by molar-refractivity contribution is -0.150. The fourth-order valence-corrected chi connectivity index (χ4v) is 2.78. The fraction of sp³-hybridized carbons (Fsp3) is 0.562. The van der Waals surface area contributed by atoms with E-state index in [9.17, 15) is 9.90 Å². The van der Waals surface area contributed by atoms with Gasteiger partial charge in [0, 0.05) is 0 Å². The second-order valence-corrected chi connectivity index (χ2v) is 5.98. The normalized spacial score (nSPS) is 18.4. The largest absolute Gasteiger partial charge is 0.480 e. The molecule has 1 N–H and O–H groups in total. The molecule has 0 atom stereocenters. The number of carbonyl (C=O) groups is 1. The summed E-state index contributed by atoms with van der Waals surface area (Å²) in [4.78, 5) is 13.3. The highest BCUT2D eigenvalue weighted by Crippen LogP contribution is 2.26. The van der Waals surface area contributed by atoms with Gasteiger partial charge in [0.15, 0.2) is 0 Å². The summed E-state index contributed by atoms with van der Waals surface area (Å²) in [5.74, 6) is -0.0442. The second-order valence-electron chi connectivity index (χ2n) is 5.98. The van der Waals surface area contributed by atoms with Gasteiger partial charge in [0.2, 0.25) is 0 Å². The highest BCUT2D eigenvalue weighted by molar-refractivity contribution is 5.77. The molecule has 104 valence electrons. The van der Waals surface area contributed by atoms with Gasteiger partial charge < -0.3 is 5.11 Å². The van der Waals surface area contributed by atoms with Crippen molar-refractivity contribution in [2.75, 3.05) is 13.1 Å². The second kappa shape index (κ2) is 5.74. The number of nitrogens with zero attached hydrogens (tertiary/aromatic N) is 1. The number of benzene rings is 1. The van der Waals surface area contributed by atoms with Crippen molar-refractivity contribution in [3.05, 3.63) is 35.9 Å². The highest BCUT2D eigenvalue weighted by Gasteiger charge is 2.36. The molecule has 2 rings (SSSR count). The van der Waals surface area contributed by atoms with Gasteiger partial charge in [-0.3, -0.25) is 9.69 Å². The Morgan fingerprint density at radius 2 is 1.84 bits per heavy atom. The number of hydrogen-bond donors (Lipinski definition) is 1. The van der Waals surface area contributed by atoms with Crippen molar-refractivity contribution in [2.24, 2.45) is 5.92 Å². The molecule has 0 bridgehead atoms. The third-order valence-corrected chi connectivity index (χ3v) is 4.30. The van der Waals surface area contributed by atoms with E-state index in [4.69, 9.17) is 0 Å². The van der Waals surface area contributed by atoms with Gasteiger partial charge in [-0.1, -0.05) is 30.3 Å². The van der Waals surface area contributed by atoms with Crippen LogP contribution in [0.1, 0.15) is 32.3 Å². The zero-order chi connectivity index (χ0) is 13.9. The average molecular weight is 261 g/mol. The molecule has 0 radical (unpaired) electrons. The first kappa shape index (κ1) is 14.1. The monoisotopic (exact) mass is 261 g/mol. The van der Waals surface area contributed by atoms with Gasteiger partial charge in [-0.25, -0.2) is 0 Å². The van der Waals surface area contributed by atoms with E-state index in [2.05, 4.69) is 29.2 Å². The molecule has 1 aliphatic rings. The zero-order valence-corrected chi connectivity index (χ0v) is 11.8. The van der Waals surface area contributed by atoms with Crippen molar-refractivity contribution >= 4 is 5.97 Å². The smallest absolute Gasteiger partial charge is 0.323 e. The summed E-state index contributed by atoms with van der Waals surface area (Å²) in [6.45, 7) is 5.37. The van der Waals surface area contributed by atoms with E-state index in [0.29, 0.717) is 5.92 Å². The molecule has 0 aliphatic carbocycles. The van der Waals surface area contributed by atoms with Crippen LogP contribution in [0.15, 0.2) is 30.3 Å². The van der Waals surface area contributed by atoms with E-state index >= 15 is 0 Å². The first-order valence-corrected chi connectivity index (χ1v) is 7.02. The molecule has 0 spiro atoms. The van der Waals surface area contributed by atoms with Gasteiger partial charge in [-0.2, -0.15) is 0 Å². The minimum Gasteiger partial charge on any atom is -0.480 e. The summed E-state index contributed by atoms with van der Waals surface area (Å²) in [5, 5.41) is 9.25. The molecule has 19 heavy (non-hydrogen) atoms. The van der Waals surface area contributed by atoms with Crippen molar-refractivity contribution in [3.63, 3.8) is 0 Å². The van der Waals surface area contributed by atoms with Crippen LogP contribution in [0.3, 0.4) is 0 Å². The van der Waals surface area contributed by atoms with Crippen LogP contribution in [0.4, 0.5) is 0 Å². The highest BCUT2D eigenvalue weighted by atomic mass is 16.4. The molecule has 1 saturated heterocycles. The van der Waals surface area contributed by atoms with Crippen LogP contribution in [0, 0.1) is 5.92 Å². The average Bonchev–Trinajstić information content (AvgIpc) is 2.40.